The Balaban J connectivity index is 1.30. The molecule has 2 atom stereocenters. The van der Waals surface area contributed by atoms with E-state index in [2.05, 4.69) is 59.3 Å². The lowest BCUT2D eigenvalue weighted by atomic mass is 9.81. The maximum absolute atomic E-state index is 2.70. The molecule has 2 N–H and O–H groups in total. The standard InChI is InChI=1S/C28H31N3/c1-2-5-20(6-3-1)18-30-15-16-31-26-10-9-22(25-19-29-13-11-21(25)12-14-29)17-24(26)23-7-4-8-27(30)28(23)31/h1-3,5-6,9-10,17,19,21,27H,4,7-8,11-16,18H2/p+2/t27-/m0/s1. The molecule has 8 rings (SSSR count). The number of hydrogen-bond acceptors (Lipinski definition) is 0. The molecule has 1 aliphatic carbocycles. The Morgan fingerprint density at radius 3 is 2.61 bits per heavy atom. The second-order valence-corrected chi connectivity index (χ2v) is 10.3. The second-order valence-electron chi connectivity index (χ2n) is 10.3. The molecule has 1 aromatic heterocycles. The number of nitrogens with one attached hydrogen (secondary N) is 2. The zero-order valence-electron chi connectivity index (χ0n) is 18.4. The van der Waals surface area contributed by atoms with Crippen molar-refractivity contribution in [2.24, 2.45) is 5.92 Å². The Labute approximate surface area is 185 Å². The monoisotopic (exact) mass is 411 g/mol. The van der Waals surface area contributed by atoms with Crippen LogP contribution in [0.1, 0.15) is 54.1 Å². The van der Waals surface area contributed by atoms with Gasteiger partial charge < -0.3 is 14.4 Å². The number of hydrogen-bond donors (Lipinski definition) is 2. The van der Waals surface area contributed by atoms with Crippen LogP contribution in [-0.4, -0.2) is 24.2 Å². The third-order valence-electron chi connectivity index (χ3n) is 8.65. The number of benzene rings is 2. The molecular formula is C28H33N3+2. The van der Waals surface area contributed by atoms with Gasteiger partial charge in [0.25, 0.3) is 0 Å². The van der Waals surface area contributed by atoms with Gasteiger partial charge in [-0.15, -0.1) is 0 Å². The fraction of sp³-hybridized carbons (Fsp3) is 0.429. The number of quaternary nitrogens is 2. The van der Waals surface area contributed by atoms with Crippen molar-refractivity contribution >= 4 is 16.5 Å². The lowest BCUT2D eigenvalue weighted by molar-refractivity contribution is -0.950. The smallest absolute Gasteiger partial charge is 0.129 e. The lowest BCUT2D eigenvalue weighted by Crippen LogP contribution is -3.12. The van der Waals surface area contributed by atoms with E-state index >= 15 is 0 Å². The molecule has 3 nitrogen and oxygen atoms in total. The predicted octanol–water partition coefficient (Wildman–Crippen LogP) is 2.77. The van der Waals surface area contributed by atoms with Gasteiger partial charge in [0.15, 0.2) is 0 Å². The van der Waals surface area contributed by atoms with E-state index in [9.17, 15) is 0 Å². The Bertz CT molecular complexity index is 1160. The molecule has 4 aliphatic heterocycles. The zero-order valence-corrected chi connectivity index (χ0v) is 18.4. The molecule has 1 unspecified atom stereocenters. The van der Waals surface area contributed by atoms with Gasteiger partial charge in [0.2, 0.25) is 0 Å². The Hall–Kier alpha value is -2.36. The van der Waals surface area contributed by atoms with Gasteiger partial charge in [0.05, 0.1) is 38.1 Å². The quantitative estimate of drug-likeness (QED) is 0.658. The summed E-state index contributed by atoms with van der Waals surface area (Å²) >= 11 is 0. The van der Waals surface area contributed by atoms with Crippen molar-refractivity contribution in [3.63, 3.8) is 0 Å². The van der Waals surface area contributed by atoms with Gasteiger partial charge in [-0.1, -0.05) is 36.4 Å². The first-order chi connectivity index (χ1) is 15.3. The average Bonchev–Trinajstić information content (AvgIpc) is 3.17. The normalized spacial score (nSPS) is 29.1. The summed E-state index contributed by atoms with van der Waals surface area (Å²) in [5.41, 5.74) is 9.46. The van der Waals surface area contributed by atoms with Crippen LogP contribution < -0.4 is 9.80 Å². The molecule has 5 aliphatic rings. The van der Waals surface area contributed by atoms with Gasteiger partial charge >= 0.3 is 0 Å². The molecule has 1 saturated heterocycles. The first-order valence-electron chi connectivity index (χ1n) is 12.5. The summed E-state index contributed by atoms with van der Waals surface area (Å²) < 4.78 is 2.70. The molecule has 0 amide bonds. The maximum Gasteiger partial charge on any atom is 0.129 e. The Kier molecular flexibility index (Phi) is 4.16. The number of allylic oxidation sites excluding steroid dienone is 1. The summed E-state index contributed by atoms with van der Waals surface area (Å²) in [6, 6.07) is 19.2. The molecule has 158 valence electrons. The van der Waals surface area contributed by atoms with Crippen LogP contribution in [0.3, 0.4) is 0 Å². The molecule has 1 fully saturated rings. The third kappa shape index (κ3) is 2.86. The largest absolute Gasteiger partial charge is 0.334 e. The molecular weight excluding hydrogens is 378 g/mol. The molecule has 0 saturated carbocycles. The third-order valence-corrected chi connectivity index (χ3v) is 8.65. The van der Waals surface area contributed by atoms with Gasteiger partial charge in [-0.2, -0.15) is 0 Å². The molecule has 0 radical (unpaired) electrons. The van der Waals surface area contributed by atoms with E-state index in [0.29, 0.717) is 6.04 Å². The molecule has 2 aromatic carbocycles. The van der Waals surface area contributed by atoms with E-state index < -0.39 is 0 Å². The average molecular weight is 412 g/mol. The highest BCUT2D eigenvalue weighted by Crippen LogP contribution is 2.40. The molecule has 3 heteroatoms. The minimum absolute atomic E-state index is 0.661. The molecule has 2 bridgehead atoms. The lowest BCUT2D eigenvalue weighted by Gasteiger charge is -2.37. The number of piperidine rings is 1. The van der Waals surface area contributed by atoms with Crippen molar-refractivity contribution in [1.82, 2.24) is 4.57 Å². The summed E-state index contributed by atoms with van der Waals surface area (Å²) in [6.45, 7) is 6.23. The van der Waals surface area contributed by atoms with Gasteiger partial charge in [-0.3, -0.25) is 0 Å². The van der Waals surface area contributed by atoms with Crippen LogP contribution in [0.25, 0.3) is 16.5 Å². The summed E-state index contributed by atoms with van der Waals surface area (Å²) in [5, 5.41) is 1.56. The fourth-order valence-corrected chi connectivity index (χ4v) is 7.14. The number of rotatable bonds is 3. The van der Waals surface area contributed by atoms with Gasteiger partial charge in [-0.05, 0) is 36.1 Å². The first kappa shape index (κ1) is 18.2. The van der Waals surface area contributed by atoms with Crippen LogP contribution in [0.4, 0.5) is 0 Å². The number of nitrogens with zero attached hydrogens (tertiary/aromatic N) is 1. The maximum atomic E-state index is 2.70. The number of fused-ring (bicyclic) bond motifs is 5. The zero-order chi connectivity index (χ0) is 20.4. The number of aromatic nitrogens is 1. The molecule has 31 heavy (non-hydrogen) atoms. The topological polar surface area (TPSA) is 13.8 Å². The van der Waals surface area contributed by atoms with E-state index in [-0.39, 0.29) is 0 Å². The van der Waals surface area contributed by atoms with Crippen LogP contribution >= 0.6 is 0 Å². The van der Waals surface area contributed by atoms with Crippen LogP contribution in [-0.2, 0) is 19.5 Å². The van der Waals surface area contributed by atoms with Crippen molar-refractivity contribution in [2.45, 2.75) is 51.2 Å². The van der Waals surface area contributed by atoms with Crippen molar-refractivity contribution in [2.75, 3.05) is 19.6 Å². The second kappa shape index (κ2) is 7.08. The minimum Gasteiger partial charge on any atom is -0.334 e. The van der Waals surface area contributed by atoms with Crippen LogP contribution in [0.5, 0.6) is 0 Å². The molecule has 3 aromatic rings. The fourth-order valence-electron chi connectivity index (χ4n) is 7.14. The van der Waals surface area contributed by atoms with Crippen LogP contribution in [0.15, 0.2) is 54.7 Å². The summed E-state index contributed by atoms with van der Waals surface area (Å²) in [5.74, 6) is 0.794. The van der Waals surface area contributed by atoms with Gasteiger partial charge in [0.1, 0.15) is 12.6 Å². The molecule has 0 spiro atoms. The summed E-state index contributed by atoms with van der Waals surface area (Å²) in [4.78, 5) is 3.46. The Morgan fingerprint density at radius 2 is 1.81 bits per heavy atom. The predicted molar refractivity (Wildman–Crippen MR) is 125 cm³/mol. The highest BCUT2D eigenvalue weighted by atomic mass is 15.2. The van der Waals surface area contributed by atoms with E-state index in [0.717, 1.165) is 19.0 Å². The van der Waals surface area contributed by atoms with Crippen molar-refractivity contribution < 1.29 is 9.80 Å². The first-order valence-corrected chi connectivity index (χ1v) is 12.5. The highest BCUT2D eigenvalue weighted by molar-refractivity contribution is 5.89. The van der Waals surface area contributed by atoms with Gasteiger partial charge in [-0.25, -0.2) is 0 Å². The van der Waals surface area contributed by atoms with Crippen LogP contribution in [0.2, 0.25) is 0 Å². The SMILES string of the molecule is C1=C(c2ccc3c(c2)c2c4n3CC[NH+](Cc3ccccc3)[C@H]4CCC2)C2CC[NH+]1CC2. The highest BCUT2D eigenvalue weighted by Gasteiger charge is 2.38. The van der Waals surface area contributed by atoms with Crippen molar-refractivity contribution in [3.05, 3.63) is 77.1 Å². The van der Waals surface area contributed by atoms with Gasteiger partial charge in [0, 0.05) is 47.2 Å². The summed E-state index contributed by atoms with van der Waals surface area (Å²) in [6.07, 6.45) is 9.23. The van der Waals surface area contributed by atoms with E-state index in [1.807, 2.05) is 0 Å². The van der Waals surface area contributed by atoms with E-state index in [1.54, 1.807) is 32.0 Å². The summed E-state index contributed by atoms with van der Waals surface area (Å²) in [7, 11) is 0. The van der Waals surface area contributed by atoms with Crippen LogP contribution in [0, 0.1) is 5.92 Å². The molecule has 5 heterocycles. The van der Waals surface area contributed by atoms with Crippen molar-refractivity contribution in [1.29, 1.82) is 0 Å². The van der Waals surface area contributed by atoms with E-state index in [1.165, 1.54) is 68.4 Å². The van der Waals surface area contributed by atoms with Crippen molar-refractivity contribution in [3.8, 4) is 0 Å². The Morgan fingerprint density at radius 1 is 0.935 bits per heavy atom. The minimum atomic E-state index is 0.661. The number of aryl methyl sites for hydroxylation is 1. The van der Waals surface area contributed by atoms with E-state index in [4.69, 9.17) is 0 Å².